The van der Waals surface area contributed by atoms with Gasteiger partial charge in [0.2, 0.25) is 0 Å². The molecule has 2 aromatic rings. The lowest BCUT2D eigenvalue weighted by Crippen LogP contribution is -2.63. The van der Waals surface area contributed by atoms with E-state index in [0.717, 1.165) is 38.1 Å². The molecule has 146 valence electrons. The number of carbonyl (C=O) groups excluding carboxylic acids is 1. The van der Waals surface area contributed by atoms with Crippen LogP contribution in [0.15, 0.2) is 48.5 Å². The van der Waals surface area contributed by atoms with Crippen molar-refractivity contribution in [2.24, 2.45) is 11.8 Å². The normalized spacial score (nSPS) is 30.9. The number of Topliss-reactive ketones (excluding diaryl/α,β-unsaturated/α-hetero) is 1. The van der Waals surface area contributed by atoms with Gasteiger partial charge in [-0.25, -0.2) is 0 Å². The molecule has 28 heavy (non-hydrogen) atoms. The summed E-state index contributed by atoms with van der Waals surface area (Å²) in [4.78, 5) is 15.4. The topological polar surface area (TPSA) is 41.6 Å². The van der Waals surface area contributed by atoms with Crippen molar-refractivity contribution in [2.75, 3.05) is 30.4 Å². The van der Waals surface area contributed by atoms with Crippen LogP contribution in [0, 0.1) is 11.8 Å². The van der Waals surface area contributed by atoms with Gasteiger partial charge in [-0.15, -0.1) is 0 Å². The highest BCUT2D eigenvalue weighted by Gasteiger charge is 2.60. The van der Waals surface area contributed by atoms with Crippen molar-refractivity contribution in [3.05, 3.63) is 54.1 Å². The lowest BCUT2D eigenvalue weighted by Gasteiger charge is -2.54. The first kappa shape index (κ1) is 17.6. The van der Waals surface area contributed by atoms with E-state index < -0.39 is 0 Å². The molecule has 2 heterocycles. The molecule has 1 saturated heterocycles. The molecule has 0 radical (unpaired) electrons. The molecule has 4 nitrogen and oxygen atoms in total. The first-order chi connectivity index (χ1) is 13.7. The Morgan fingerprint density at radius 2 is 1.96 bits per heavy atom. The molecule has 4 atom stereocenters. The summed E-state index contributed by atoms with van der Waals surface area (Å²) in [7, 11) is 1.70. The quantitative estimate of drug-likeness (QED) is 0.869. The smallest absolute Gasteiger partial charge is 0.138 e. The second kappa shape index (κ2) is 6.54. The number of benzene rings is 2. The van der Waals surface area contributed by atoms with Crippen LogP contribution in [0.3, 0.4) is 0 Å². The molecule has 2 aromatic carbocycles. The Labute approximate surface area is 166 Å². The summed E-state index contributed by atoms with van der Waals surface area (Å²) < 4.78 is 5.33. The number of nitrogens with zero attached hydrogens (tertiary/aromatic N) is 1. The summed E-state index contributed by atoms with van der Waals surface area (Å²) >= 11 is 0. The van der Waals surface area contributed by atoms with E-state index >= 15 is 0 Å². The zero-order chi connectivity index (χ0) is 19.3. The van der Waals surface area contributed by atoms with E-state index in [1.807, 2.05) is 12.1 Å². The molecule has 0 amide bonds. The molecule has 3 aliphatic rings. The molecule has 0 bridgehead atoms. The van der Waals surface area contributed by atoms with Crippen LogP contribution in [0.1, 0.15) is 31.7 Å². The highest BCUT2D eigenvalue weighted by molar-refractivity contribution is 5.86. The van der Waals surface area contributed by atoms with E-state index in [1.54, 1.807) is 7.11 Å². The summed E-state index contributed by atoms with van der Waals surface area (Å²) in [5.41, 5.74) is 3.88. The molecule has 1 aliphatic carbocycles. The van der Waals surface area contributed by atoms with E-state index in [2.05, 4.69) is 53.5 Å². The van der Waals surface area contributed by atoms with E-state index in [-0.39, 0.29) is 17.4 Å². The summed E-state index contributed by atoms with van der Waals surface area (Å²) in [6, 6.07) is 17.3. The number of ketones is 1. The van der Waals surface area contributed by atoms with Crippen LogP contribution in [-0.4, -0.2) is 32.0 Å². The third kappa shape index (κ3) is 2.40. The average Bonchev–Trinajstić information content (AvgIpc) is 3.06. The van der Waals surface area contributed by atoms with Gasteiger partial charge in [-0.1, -0.05) is 25.1 Å². The van der Waals surface area contributed by atoms with Crippen LogP contribution < -0.4 is 15.0 Å². The molecule has 2 fully saturated rings. The largest absolute Gasteiger partial charge is 0.497 e. The molecule has 1 saturated carbocycles. The number of carbonyl (C=O) groups is 1. The van der Waals surface area contributed by atoms with Crippen molar-refractivity contribution in [3.8, 4) is 5.75 Å². The van der Waals surface area contributed by atoms with Crippen LogP contribution in [0.2, 0.25) is 0 Å². The fourth-order valence-electron chi connectivity index (χ4n) is 6.03. The summed E-state index contributed by atoms with van der Waals surface area (Å²) in [5, 5.41) is 3.78. The molecule has 0 aromatic heterocycles. The molecule has 4 heteroatoms. The van der Waals surface area contributed by atoms with Crippen molar-refractivity contribution in [3.63, 3.8) is 0 Å². The minimum absolute atomic E-state index is 0.00333. The van der Waals surface area contributed by atoms with Gasteiger partial charge in [-0.3, -0.25) is 4.79 Å². The Hall–Kier alpha value is -2.49. The Morgan fingerprint density at radius 3 is 2.71 bits per heavy atom. The second-order valence-corrected chi connectivity index (χ2v) is 8.50. The lowest BCUT2D eigenvalue weighted by molar-refractivity contribution is -0.129. The zero-order valence-corrected chi connectivity index (χ0v) is 16.7. The van der Waals surface area contributed by atoms with Crippen molar-refractivity contribution in [1.82, 2.24) is 0 Å². The monoisotopic (exact) mass is 376 g/mol. The van der Waals surface area contributed by atoms with Crippen LogP contribution >= 0.6 is 0 Å². The van der Waals surface area contributed by atoms with Gasteiger partial charge < -0.3 is 15.0 Å². The number of methoxy groups -OCH3 is 1. The third-order valence-electron chi connectivity index (χ3n) is 7.36. The number of nitrogens with one attached hydrogen (secondary N) is 1. The van der Waals surface area contributed by atoms with Crippen molar-refractivity contribution < 1.29 is 9.53 Å². The van der Waals surface area contributed by atoms with Crippen molar-refractivity contribution in [2.45, 2.75) is 37.6 Å². The van der Waals surface area contributed by atoms with Crippen molar-refractivity contribution in [1.29, 1.82) is 0 Å². The fourth-order valence-corrected chi connectivity index (χ4v) is 6.03. The van der Waals surface area contributed by atoms with Gasteiger partial charge in [0.05, 0.1) is 7.11 Å². The highest BCUT2D eigenvalue weighted by atomic mass is 16.5. The first-order valence-corrected chi connectivity index (χ1v) is 10.4. The Kier molecular flexibility index (Phi) is 4.11. The number of piperidine rings is 1. The molecule has 1 spiro atoms. The first-order valence-electron chi connectivity index (χ1n) is 10.4. The van der Waals surface area contributed by atoms with Crippen molar-refractivity contribution >= 4 is 17.2 Å². The van der Waals surface area contributed by atoms with Crippen LogP contribution in [0.5, 0.6) is 5.75 Å². The van der Waals surface area contributed by atoms with Crippen LogP contribution in [-0.2, 0) is 10.2 Å². The van der Waals surface area contributed by atoms with Crippen LogP contribution in [0.25, 0.3) is 0 Å². The van der Waals surface area contributed by atoms with Gasteiger partial charge >= 0.3 is 0 Å². The van der Waals surface area contributed by atoms with E-state index in [1.165, 1.54) is 16.9 Å². The average molecular weight is 377 g/mol. The number of hydrogen-bond donors (Lipinski definition) is 1. The lowest BCUT2D eigenvalue weighted by atomic mass is 9.55. The maximum absolute atomic E-state index is 12.9. The number of hydrogen-bond acceptors (Lipinski definition) is 4. The zero-order valence-electron chi connectivity index (χ0n) is 16.7. The molecule has 0 unspecified atom stereocenters. The molecular formula is C24H28N2O2. The van der Waals surface area contributed by atoms with Gasteiger partial charge in [0.1, 0.15) is 11.5 Å². The number of rotatable bonds is 3. The maximum atomic E-state index is 12.9. The molecule has 1 N–H and O–H groups in total. The minimum atomic E-state index is 0.00333. The fraction of sp³-hybridized carbons (Fsp3) is 0.458. The number of fused-ring (bicyclic) bond motifs is 1. The molecule has 5 rings (SSSR count). The minimum Gasteiger partial charge on any atom is -0.497 e. The second-order valence-electron chi connectivity index (χ2n) is 8.50. The van der Waals surface area contributed by atoms with Gasteiger partial charge in [0, 0.05) is 48.3 Å². The molecule has 2 aliphatic heterocycles. The van der Waals surface area contributed by atoms with Gasteiger partial charge in [-0.05, 0) is 54.7 Å². The van der Waals surface area contributed by atoms with Gasteiger partial charge in [-0.2, -0.15) is 0 Å². The Bertz CT molecular complexity index is 894. The van der Waals surface area contributed by atoms with Gasteiger partial charge in [0.15, 0.2) is 0 Å². The third-order valence-corrected chi connectivity index (χ3v) is 7.36. The summed E-state index contributed by atoms with van der Waals surface area (Å²) in [5.74, 6) is 1.85. The van der Waals surface area contributed by atoms with Gasteiger partial charge in [0.25, 0.3) is 0 Å². The summed E-state index contributed by atoms with van der Waals surface area (Å²) in [6.07, 6.45) is 2.68. The number of para-hydroxylation sites is 1. The highest BCUT2D eigenvalue weighted by Crippen LogP contribution is 2.56. The van der Waals surface area contributed by atoms with Crippen LogP contribution in [0.4, 0.5) is 11.4 Å². The van der Waals surface area contributed by atoms with E-state index in [4.69, 9.17) is 4.74 Å². The summed E-state index contributed by atoms with van der Waals surface area (Å²) in [6.45, 7) is 4.12. The SMILES string of the molecule is CC[C@H]1C(=O)C[C@H]2CCN(c3ccc(OC)cc3)C[C@@]23c2ccccc2N[C@@H]13. The predicted molar refractivity (Wildman–Crippen MR) is 112 cm³/mol. The number of ether oxygens (including phenoxy) is 1. The predicted octanol–water partition coefficient (Wildman–Crippen LogP) is 4.25. The molecular weight excluding hydrogens is 348 g/mol. The van der Waals surface area contributed by atoms with E-state index in [0.29, 0.717) is 11.7 Å². The Morgan fingerprint density at radius 1 is 1.18 bits per heavy atom. The Balaban J connectivity index is 1.58. The van der Waals surface area contributed by atoms with E-state index in [9.17, 15) is 4.79 Å². The maximum Gasteiger partial charge on any atom is 0.138 e. The standard InChI is InChI=1S/C24H28N2O2/c1-3-19-22(27)14-16-12-13-26(17-8-10-18(28-2)11-9-17)15-24(16)20-6-4-5-7-21(20)25-23(19)24/h4-11,16,19,23,25H,3,12-15H2,1-2H3/t16-,19+,23+,24+/m1/s1. The number of anilines is 2.